The first-order chi connectivity index (χ1) is 10.5. The van der Waals surface area contributed by atoms with Crippen LogP contribution in [0.25, 0.3) is 0 Å². The molecule has 1 saturated carbocycles. The topological polar surface area (TPSA) is 63.7 Å². The van der Waals surface area contributed by atoms with Gasteiger partial charge in [0.1, 0.15) is 5.75 Å². The van der Waals surface area contributed by atoms with Crippen molar-refractivity contribution in [2.75, 3.05) is 4.90 Å². The molecule has 22 heavy (non-hydrogen) atoms. The van der Waals surface area contributed by atoms with Gasteiger partial charge in [0, 0.05) is 6.92 Å². The highest BCUT2D eigenvalue weighted by Gasteiger charge is 2.49. The third-order valence-corrected chi connectivity index (χ3v) is 4.54. The van der Waals surface area contributed by atoms with Crippen molar-refractivity contribution in [2.24, 2.45) is 17.8 Å². The van der Waals surface area contributed by atoms with Gasteiger partial charge < -0.3 is 4.74 Å². The van der Waals surface area contributed by atoms with Crippen LogP contribution < -0.4 is 9.64 Å². The Hall–Kier alpha value is -2.17. The molecule has 3 rings (SSSR count). The first kappa shape index (κ1) is 14.8. The molecule has 2 aliphatic rings. The lowest BCUT2D eigenvalue weighted by atomic mass is 9.76. The minimum absolute atomic E-state index is 0.0952. The predicted octanol–water partition coefficient (Wildman–Crippen LogP) is 2.54. The number of carbonyl (C=O) groups excluding carboxylic acids is 3. The van der Waals surface area contributed by atoms with Gasteiger partial charge in [-0.3, -0.25) is 19.3 Å². The summed E-state index contributed by atoms with van der Waals surface area (Å²) in [6.07, 6.45) is 2.58. The van der Waals surface area contributed by atoms with Crippen LogP contribution in [0.3, 0.4) is 0 Å². The summed E-state index contributed by atoms with van der Waals surface area (Å²) in [5, 5.41) is 0. The van der Waals surface area contributed by atoms with E-state index in [-0.39, 0.29) is 23.7 Å². The number of hydrogen-bond acceptors (Lipinski definition) is 4. The first-order valence-corrected chi connectivity index (χ1v) is 7.63. The third-order valence-electron chi connectivity index (χ3n) is 4.54. The average molecular weight is 301 g/mol. The molecule has 0 spiro atoms. The van der Waals surface area contributed by atoms with E-state index < -0.39 is 5.97 Å². The summed E-state index contributed by atoms with van der Waals surface area (Å²) in [6, 6.07) is 6.49. The zero-order chi connectivity index (χ0) is 15.9. The van der Waals surface area contributed by atoms with Crippen LogP contribution in [0.15, 0.2) is 24.3 Å². The van der Waals surface area contributed by atoms with Crippen LogP contribution in [0.2, 0.25) is 0 Å². The molecule has 2 amide bonds. The normalized spacial score (nSPS) is 27.7. The van der Waals surface area contributed by atoms with E-state index in [1.54, 1.807) is 24.3 Å². The fourth-order valence-corrected chi connectivity index (χ4v) is 3.47. The molecule has 2 fully saturated rings. The molecular weight excluding hydrogens is 282 g/mol. The summed E-state index contributed by atoms with van der Waals surface area (Å²) in [5.74, 6) is -0.0445. The van der Waals surface area contributed by atoms with Crippen molar-refractivity contribution >= 4 is 23.5 Å². The highest BCUT2D eigenvalue weighted by molar-refractivity contribution is 6.22. The van der Waals surface area contributed by atoms with Crippen molar-refractivity contribution in [3.05, 3.63) is 24.3 Å². The van der Waals surface area contributed by atoms with Gasteiger partial charge in [0.05, 0.1) is 17.5 Å². The lowest BCUT2D eigenvalue weighted by Gasteiger charge is -2.25. The Labute approximate surface area is 129 Å². The van der Waals surface area contributed by atoms with E-state index in [1.165, 1.54) is 11.8 Å². The molecule has 0 aromatic heterocycles. The summed E-state index contributed by atoms with van der Waals surface area (Å²) < 4.78 is 4.97. The zero-order valence-electron chi connectivity index (χ0n) is 12.7. The van der Waals surface area contributed by atoms with Crippen molar-refractivity contribution in [2.45, 2.75) is 33.1 Å². The smallest absolute Gasteiger partial charge is 0.308 e. The molecule has 1 aromatic carbocycles. The van der Waals surface area contributed by atoms with Gasteiger partial charge in [-0.15, -0.1) is 0 Å². The van der Waals surface area contributed by atoms with Gasteiger partial charge in [0.15, 0.2) is 0 Å². The van der Waals surface area contributed by atoms with Gasteiger partial charge in [0.25, 0.3) is 0 Å². The van der Waals surface area contributed by atoms with Gasteiger partial charge in [-0.2, -0.15) is 0 Å². The van der Waals surface area contributed by atoms with Crippen LogP contribution in [-0.4, -0.2) is 17.8 Å². The Morgan fingerprint density at radius 1 is 1.09 bits per heavy atom. The average Bonchev–Trinajstić information content (AvgIpc) is 2.71. The monoisotopic (exact) mass is 301 g/mol. The van der Waals surface area contributed by atoms with Crippen molar-refractivity contribution in [3.8, 4) is 5.75 Å². The maximum atomic E-state index is 12.6. The second-order valence-electron chi connectivity index (χ2n) is 6.23. The number of amides is 2. The zero-order valence-corrected chi connectivity index (χ0v) is 12.7. The Kier molecular flexibility index (Phi) is 3.72. The van der Waals surface area contributed by atoms with E-state index in [0.717, 1.165) is 19.3 Å². The molecule has 0 N–H and O–H groups in total. The summed E-state index contributed by atoms with van der Waals surface area (Å²) in [6.45, 7) is 3.46. The van der Waals surface area contributed by atoms with E-state index >= 15 is 0 Å². The standard InChI is InChI=1S/C17H19NO4/c1-10-3-8-14-15(9-10)17(21)18(16(14)20)12-4-6-13(7-5-12)22-11(2)19/h4-7,10,14-15H,3,8-9H2,1-2H3/t10-,14-,15+/m1/s1. The molecule has 1 aliphatic heterocycles. The minimum Gasteiger partial charge on any atom is -0.427 e. The van der Waals surface area contributed by atoms with Gasteiger partial charge >= 0.3 is 5.97 Å². The number of hydrogen-bond donors (Lipinski definition) is 0. The molecular formula is C17H19NO4. The maximum Gasteiger partial charge on any atom is 0.308 e. The number of ether oxygens (including phenoxy) is 1. The van der Waals surface area contributed by atoms with E-state index in [2.05, 4.69) is 6.92 Å². The number of nitrogens with zero attached hydrogens (tertiary/aromatic N) is 1. The maximum absolute atomic E-state index is 12.6. The molecule has 1 aliphatic carbocycles. The summed E-state index contributed by atoms with van der Waals surface area (Å²) >= 11 is 0. The lowest BCUT2D eigenvalue weighted by Crippen LogP contribution is -2.30. The molecule has 1 heterocycles. The number of benzene rings is 1. The van der Waals surface area contributed by atoms with Crippen molar-refractivity contribution in [3.63, 3.8) is 0 Å². The number of carbonyl (C=O) groups is 3. The van der Waals surface area contributed by atoms with E-state index in [0.29, 0.717) is 17.4 Å². The Morgan fingerprint density at radius 2 is 1.73 bits per heavy atom. The molecule has 116 valence electrons. The highest BCUT2D eigenvalue weighted by atomic mass is 16.5. The van der Waals surface area contributed by atoms with Gasteiger partial charge in [0.2, 0.25) is 11.8 Å². The van der Waals surface area contributed by atoms with Gasteiger partial charge in [-0.05, 0) is 49.4 Å². The summed E-state index contributed by atoms with van der Waals surface area (Å²) in [4.78, 5) is 37.3. The molecule has 1 saturated heterocycles. The van der Waals surface area contributed by atoms with Gasteiger partial charge in [-0.1, -0.05) is 6.92 Å². The SMILES string of the molecule is CC(=O)Oc1ccc(N2C(=O)[C@H]3C[C@H](C)CC[C@H]3C2=O)cc1. The number of anilines is 1. The molecule has 1 aromatic rings. The molecule has 3 atom stereocenters. The van der Waals surface area contributed by atoms with Gasteiger partial charge in [-0.25, -0.2) is 0 Å². The second kappa shape index (κ2) is 5.55. The van der Waals surface area contributed by atoms with E-state index in [1.807, 2.05) is 0 Å². The Bertz CT molecular complexity index is 622. The molecule has 0 radical (unpaired) electrons. The molecule has 0 unspecified atom stereocenters. The quantitative estimate of drug-likeness (QED) is 0.478. The van der Waals surface area contributed by atoms with Crippen LogP contribution in [0.1, 0.15) is 33.1 Å². The first-order valence-electron chi connectivity index (χ1n) is 7.63. The van der Waals surface area contributed by atoms with Crippen LogP contribution in [0.5, 0.6) is 5.75 Å². The predicted molar refractivity (Wildman–Crippen MR) is 80.2 cm³/mol. The van der Waals surface area contributed by atoms with Crippen LogP contribution in [0.4, 0.5) is 5.69 Å². The van der Waals surface area contributed by atoms with Crippen molar-refractivity contribution < 1.29 is 19.1 Å². The number of rotatable bonds is 2. The number of fused-ring (bicyclic) bond motifs is 1. The Morgan fingerprint density at radius 3 is 2.36 bits per heavy atom. The van der Waals surface area contributed by atoms with E-state index in [9.17, 15) is 14.4 Å². The highest BCUT2D eigenvalue weighted by Crippen LogP contribution is 2.42. The van der Waals surface area contributed by atoms with Crippen LogP contribution in [0, 0.1) is 17.8 Å². The van der Waals surface area contributed by atoms with Crippen LogP contribution in [-0.2, 0) is 14.4 Å². The lowest BCUT2D eigenvalue weighted by molar-refractivity contribution is -0.132. The molecule has 0 bridgehead atoms. The molecule has 5 nitrogen and oxygen atoms in total. The minimum atomic E-state index is -0.402. The van der Waals surface area contributed by atoms with E-state index in [4.69, 9.17) is 4.74 Å². The summed E-state index contributed by atoms with van der Waals surface area (Å²) in [5.41, 5.74) is 0.549. The third kappa shape index (κ3) is 2.51. The number of imide groups is 1. The van der Waals surface area contributed by atoms with Crippen molar-refractivity contribution in [1.29, 1.82) is 0 Å². The van der Waals surface area contributed by atoms with Crippen molar-refractivity contribution in [1.82, 2.24) is 0 Å². The summed E-state index contributed by atoms with van der Waals surface area (Å²) in [7, 11) is 0. The number of esters is 1. The second-order valence-corrected chi connectivity index (χ2v) is 6.23. The largest absolute Gasteiger partial charge is 0.427 e. The fourth-order valence-electron chi connectivity index (χ4n) is 3.47. The molecule has 5 heteroatoms. The fraction of sp³-hybridized carbons (Fsp3) is 0.471. The van der Waals surface area contributed by atoms with Crippen LogP contribution >= 0.6 is 0 Å². The Balaban J connectivity index is 1.83.